The number of hydrogen-bond acceptors (Lipinski definition) is 2. The molecule has 100 valence electrons. The summed E-state index contributed by atoms with van der Waals surface area (Å²) >= 11 is 5.91. The highest BCUT2D eigenvalue weighted by Crippen LogP contribution is 2.15. The van der Waals surface area contributed by atoms with Crippen molar-refractivity contribution in [3.05, 3.63) is 28.5 Å². The molecule has 0 aliphatic heterocycles. The Labute approximate surface area is 114 Å². The number of amides is 1. The molecule has 0 saturated heterocycles. The predicted molar refractivity (Wildman–Crippen MR) is 75.1 cm³/mol. The number of carbonyl (C=O) groups is 1. The minimum absolute atomic E-state index is 0.0903. The molecule has 1 rings (SSSR count). The predicted octanol–water partition coefficient (Wildman–Crippen LogP) is 3.61. The molecule has 18 heavy (non-hydrogen) atoms. The number of hydrogen-bond donors (Lipinski definition) is 1. The Balaban J connectivity index is 2.87. The highest BCUT2D eigenvalue weighted by atomic mass is 35.5. The molecule has 0 unspecified atom stereocenters. The summed E-state index contributed by atoms with van der Waals surface area (Å²) in [6, 6.07) is 3.40. The average Bonchev–Trinajstić information content (AvgIpc) is 2.27. The van der Waals surface area contributed by atoms with E-state index >= 15 is 0 Å². The van der Waals surface area contributed by atoms with Crippen molar-refractivity contribution in [3.8, 4) is 0 Å². The number of nitrogens with one attached hydrogen (secondary N) is 1. The van der Waals surface area contributed by atoms with Crippen LogP contribution in [0.3, 0.4) is 0 Å². The van der Waals surface area contributed by atoms with Crippen molar-refractivity contribution < 1.29 is 4.79 Å². The summed E-state index contributed by atoms with van der Waals surface area (Å²) in [5.74, 6) is -0.0903. The first-order chi connectivity index (χ1) is 8.38. The first-order valence-corrected chi connectivity index (χ1v) is 6.74. The minimum Gasteiger partial charge on any atom is -0.347 e. The summed E-state index contributed by atoms with van der Waals surface area (Å²) < 4.78 is 0. The van der Waals surface area contributed by atoms with Crippen molar-refractivity contribution in [3.63, 3.8) is 0 Å². The third kappa shape index (κ3) is 4.30. The van der Waals surface area contributed by atoms with Crippen LogP contribution in [0.5, 0.6) is 0 Å². The number of carbonyl (C=O) groups excluding carboxylic acids is 1. The van der Waals surface area contributed by atoms with Crippen LogP contribution in [0.25, 0.3) is 0 Å². The van der Waals surface area contributed by atoms with Crippen LogP contribution >= 0.6 is 11.6 Å². The van der Waals surface area contributed by atoms with Crippen molar-refractivity contribution in [2.75, 3.05) is 0 Å². The van der Waals surface area contributed by atoms with Gasteiger partial charge in [0.2, 0.25) is 0 Å². The van der Waals surface area contributed by atoms with Gasteiger partial charge in [-0.25, -0.2) is 4.98 Å². The topological polar surface area (TPSA) is 42.0 Å². The molecule has 1 aromatic heterocycles. The quantitative estimate of drug-likeness (QED) is 0.829. The summed E-state index contributed by atoms with van der Waals surface area (Å²) in [6.07, 6.45) is 2.74. The van der Waals surface area contributed by atoms with E-state index < -0.39 is 0 Å². The van der Waals surface area contributed by atoms with E-state index in [0.29, 0.717) is 10.7 Å². The van der Waals surface area contributed by atoms with Gasteiger partial charge in [0.05, 0.1) is 0 Å². The van der Waals surface area contributed by atoms with Crippen LogP contribution in [0.4, 0.5) is 0 Å². The van der Waals surface area contributed by atoms with Crippen molar-refractivity contribution in [2.45, 2.75) is 52.5 Å². The second kappa shape index (κ2) is 6.19. The normalized spacial score (nSPS) is 11.4. The van der Waals surface area contributed by atoms with Gasteiger partial charge in [0.15, 0.2) is 0 Å². The van der Waals surface area contributed by atoms with E-state index in [-0.39, 0.29) is 11.4 Å². The molecule has 0 fully saturated rings. The fourth-order valence-electron chi connectivity index (χ4n) is 1.93. The van der Waals surface area contributed by atoms with E-state index in [2.05, 4.69) is 17.2 Å². The fraction of sp³-hybridized carbons (Fsp3) is 0.571. The Kier molecular flexibility index (Phi) is 5.15. The zero-order valence-corrected chi connectivity index (χ0v) is 12.3. The SMILES string of the molecule is CCCC(C)(C)NC(=O)c1cc(Cl)nc(CC)c1. The van der Waals surface area contributed by atoms with Gasteiger partial charge in [0.25, 0.3) is 5.91 Å². The molecular weight excluding hydrogens is 248 g/mol. The lowest BCUT2D eigenvalue weighted by Crippen LogP contribution is -2.43. The van der Waals surface area contributed by atoms with Gasteiger partial charge in [-0.2, -0.15) is 0 Å². The maximum atomic E-state index is 12.2. The average molecular weight is 269 g/mol. The molecule has 1 N–H and O–H groups in total. The molecule has 1 aromatic rings. The molecule has 0 aromatic carbocycles. The second-order valence-corrected chi connectivity index (χ2v) is 5.50. The highest BCUT2D eigenvalue weighted by molar-refractivity contribution is 6.29. The smallest absolute Gasteiger partial charge is 0.251 e. The van der Waals surface area contributed by atoms with E-state index in [4.69, 9.17) is 11.6 Å². The lowest BCUT2D eigenvalue weighted by Gasteiger charge is -2.25. The Bertz CT molecular complexity index is 430. The lowest BCUT2D eigenvalue weighted by atomic mass is 9.98. The number of rotatable bonds is 5. The third-order valence-corrected chi connectivity index (χ3v) is 2.99. The number of aromatic nitrogens is 1. The summed E-state index contributed by atoms with van der Waals surface area (Å²) in [4.78, 5) is 16.3. The molecule has 0 radical (unpaired) electrons. The van der Waals surface area contributed by atoms with Crippen LogP contribution in [-0.4, -0.2) is 16.4 Å². The van der Waals surface area contributed by atoms with Crippen molar-refractivity contribution in [1.29, 1.82) is 0 Å². The van der Waals surface area contributed by atoms with Gasteiger partial charge in [0.1, 0.15) is 5.15 Å². The van der Waals surface area contributed by atoms with Crippen LogP contribution in [0.15, 0.2) is 12.1 Å². The molecule has 1 amide bonds. The zero-order valence-electron chi connectivity index (χ0n) is 11.5. The monoisotopic (exact) mass is 268 g/mol. The zero-order chi connectivity index (χ0) is 13.8. The fourth-order valence-corrected chi connectivity index (χ4v) is 2.16. The van der Waals surface area contributed by atoms with Gasteiger partial charge in [-0.3, -0.25) is 4.79 Å². The van der Waals surface area contributed by atoms with Crippen molar-refractivity contribution in [2.24, 2.45) is 0 Å². The largest absolute Gasteiger partial charge is 0.347 e. The molecule has 0 saturated carbocycles. The lowest BCUT2D eigenvalue weighted by molar-refractivity contribution is 0.0909. The van der Waals surface area contributed by atoms with Crippen molar-refractivity contribution >= 4 is 17.5 Å². The third-order valence-electron chi connectivity index (χ3n) is 2.80. The van der Waals surface area contributed by atoms with Gasteiger partial charge < -0.3 is 5.32 Å². The number of aryl methyl sites for hydroxylation is 1. The number of halogens is 1. The van der Waals surface area contributed by atoms with Crippen LogP contribution in [0, 0.1) is 0 Å². The summed E-state index contributed by atoms with van der Waals surface area (Å²) in [7, 11) is 0. The van der Waals surface area contributed by atoms with E-state index in [1.54, 1.807) is 12.1 Å². The van der Waals surface area contributed by atoms with E-state index in [0.717, 1.165) is 25.0 Å². The number of nitrogens with zero attached hydrogens (tertiary/aromatic N) is 1. The van der Waals surface area contributed by atoms with E-state index in [1.807, 2.05) is 20.8 Å². The summed E-state index contributed by atoms with van der Waals surface area (Å²) in [5, 5.41) is 3.39. The molecule has 4 heteroatoms. The Morgan fingerprint density at radius 2 is 2.06 bits per heavy atom. The van der Waals surface area contributed by atoms with Gasteiger partial charge in [0, 0.05) is 16.8 Å². The first-order valence-electron chi connectivity index (χ1n) is 6.37. The molecule has 0 aliphatic carbocycles. The van der Waals surface area contributed by atoms with E-state index in [9.17, 15) is 4.79 Å². The first kappa shape index (κ1) is 15.0. The molecule has 1 heterocycles. The Hall–Kier alpha value is -1.09. The van der Waals surface area contributed by atoms with Gasteiger partial charge in [-0.05, 0) is 38.8 Å². The Morgan fingerprint density at radius 3 is 2.61 bits per heavy atom. The van der Waals surface area contributed by atoms with Crippen LogP contribution < -0.4 is 5.32 Å². The Morgan fingerprint density at radius 1 is 1.39 bits per heavy atom. The van der Waals surface area contributed by atoms with Crippen LogP contribution in [-0.2, 0) is 6.42 Å². The molecule has 0 bridgehead atoms. The summed E-state index contributed by atoms with van der Waals surface area (Å²) in [6.45, 7) is 8.14. The molecule has 0 spiro atoms. The molecular formula is C14H21ClN2O. The standard InChI is InChI=1S/C14H21ClN2O/c1-5-7-14(3,4)17-13(18)10-8-11(6-2)16-12(15)9-10/h8-9H,5-7H2,1-4H3,(H,17,18). The van der Waals surface area contributed by atoms with Crippen LogP contribution in [0.2, 0.25) is 5.15 Å². The molecule has 3 nitrogen and oxygen atoms in total. The van der Waals surface area contributed by atoms with Crippen LogP contribution in [0.1, 0.15) is 56.6 Å². The van der Waals surface area contributed by atoms with Crippen molar-refractivity contribution in [1.82, 2.24) is 10.3 Å². The maximum absolute atomic E-state index is 12.2. The van der Waals surface area contributed by atoms with E-state index in [1.165, 1.54) is 0 Å². The molecule has 0 aliphatic rings. The van der Waals surface area contributed by atoms with Gasteiger partial charge in [-0.1, -0.05) is 31.9 Å². The highest BCUT2D eigenvalue weighted by Gasteiger charge is 2.20. The van der Waals surface area contributed by atoms with Gasteiger partial charge in [-0.15, -0.1) is 0 Å². The number of pyridine rings is 1. The second-order valence-electron chi connectivity index (χ2n) is 5.11. The summed E-state index contributed by atoms with van der Waals surface area (Å²) in [5.41, 5.74) is 1.21. The maximum Gasteiger partial charge on any atom is 0.251 e. The van der Waals surface area contributed by atoms with Gasteiger partial charge >= 0.3 is 0 Å². The minimum atomic E-state index is -0.200. The molecule has 0 atom stereocenters.